The molecule has 3 fully saturated rings. The molecular formula is C29H40N2O4. The minimum absolute atomic E-state index is 0.0265. The normalized spacial score (nSPS) is 27.1. The maximum Gasteiger partial charge on any atom is 0.242 e. The number of nitrogens with zero attached hydrogens (tertiary/aromatic N) is 1. The summed E-state index contributed by atoms with van der Waals surface area (Å²) >= 11 is 0. The van der Waals surface area contributed by atoms with Crippen molar-refractivity contribution in [3.63, 3.8) is 0 Å². The van der Waals surface area contributed by atoms with Crippen LogP contribution in [0.25, 0.3) is 0 Å². The molecule has 0 radical (unpaired) electrons. The topological polar surface area (TPSA) is 67.9 Å². The first-order valence-corrected chi connectivity index (χ1v) is 13.4. The van der Waals surface area contributed by atoms with E-state index >= 15 is 0 Å². The Bertz CT molecular complexity index is 996. The molecule has 4 aliphatic carbocycles. The van der Waals surface area contributed by atoms with Crippen molar-refractivity contribution < 1.29 is 19.1 Å². The fourth-order valence-electron chi connectivity index (χ4n) is 6.29. The molecule has 1 aromatic carbocycles. The number of rotatable bonds is 9. The molecule has 1 heterocycles. The van der Waals surface area contributed by atoms with Crippen molar-refractivity contribution >= 4 is 11.8 Å². The van der Waals surface area contributed by atoms with Crippen LogP contribution in [-0.4, -0.2) is 43.0 Å². The minimum atomic E-state index is -0.397. The molecule has 190 valence electrons. The molecule has 1 aliphatic heterocycles. The Morgan fingerprint density at radius 1 is 1.17 bits per heavy atom. The summed E-state index contributed by atoms with van der Waals surface area (Å²) in [6.45, 7) is 6.54. The number of nitrogens with one attached hydrogen (secondary N) is 1. The zero-order chi connectivity index (χ0) is 24.6. The van der Waals surface area contributed by atoms with E-state index < -0.39 is 6.04 Å². The highest BCUT2D eigenvalue weighted by atomic mass is 16.5. The summed E-state index contributed by atoms with van der Waals surface area (Å²) in [5.41, 5.74) is 2.93. The van der Waals surface area contributed by atoms with Gasteiger partial charge in [-0.05, 0) is 79.9 Å². The van der Waals surface area contributed by atoms with Gasteiger partial charge in [0.25, 0.3) is 0 Å². The van der Waals surface area contributed by atoms with Gasteiger partial charge in [-0.3, -0.25) is 9.59 Å². The average Bonchev–Trinajstić information content (AvgIpc) is 3.71. The number of hydrogen-bond donors (Lipinski definition) is 1. The van der Waals surface area contributed by atoms with Crippen molar-refractivity contribution in [2.24, 2.45) is 23.2 Å². The summed E-state index contributed by atoms with van der Waals surface area (Å²) in [6, 6.07) is 5.50. The number of fused-ring (bicyclic) bond motifs is 1. The standard InChI is InChI=1S/C29H40N2O4/c1-29(2)22-11-10-20(23(29)17-22)13-15-35-25-12-7-19(16-26(25)34-3)18-31(28(33)21-8-9-21)24-6-4-5-14-30-27(24)32/h7,10,12,16,21-24H,4-6,8-9,11,13-15,17-18H2,1-3H3,(H,30,32)/t22-,23-,24-/m0/s1. The molecule has 6 heteroatoms. The van der Waals surface area contributed by atoms with Crippen molar-refractivity contribution in [1.82, 2.24) is 10.2 Å². The largest absolute Gasteiger partial charge is 0.493 e. The van der Waals surface area contributed by atoms with Gasteiger partial charge in [-0.2, -0.15) is 0 Å². The van der Waals surface area contributed by atoms with Crippen LogP contribution in [0.5, 0.6) is 11.5 Å². The van der Waals surface area contributed by atoms with E-state index in [1.165, 1.54) is 12.8 Å². The number of carbonyl (C=O) groups excluding carboxylic acids is 2. The van der Waals surface area contributed by atoms with Crippen LogP contribution in [0.2, 0.25) is 0 Å². The lowest BCUT2D eigenvalue weighted by Gasteiger charge is -2.56. The molecule has 6 nitrogen and oxygen atoms in total. The summed E-state index contributed by atoms with van der Waals surface area (Å²) in [6.07, 6.45) is 10.4. The zero-order valence-electron chi connectivity index (χ0n) is 21.5. The number of allylic oxidation sites excluding steroid dienone is 1. The summed E-state index contributed by atoms with van der Waals surface area (Å²) in [5.74, 6) is 3.10. The second-order valence-electron chi connectivity index (χ2n) is 11.4. The van der Waals surface area contributed by atoms with Crippen molar-refractivity contribution in [1.29, 1.82) is 0 Å². The third kappa shape index (κ3) is 4.94. The van der Waals surface area contributed by atoms with Gasteiger partial charge in [-0.15, -0.1) is 0 Å². The monoisotopic (exact) mass is 480 g/mol. The molecule has 2 saturated carbocycles. The first-order chi connectivity index (χ1) is 16.9. The molecule has 2 bridgehead atoms. The van der Waals surface area contributed by atoms with E-state index in [2.05, 4.69) is 25.2 Å². The number of carbonyl (C=O) groups is 2. The van der Waals surface area contributed by atoms with Crippen molar-refractivity contribution in [3.05, 3.63) is 35.4 Å². The molecule has 1 N–H and O–H groups in total. The van der Waals surface area contributed by atoms with E-state index in [0.29, 0.717) is 36.8 Å². The highest BCUT2D eigenvalue weighted by molar-refractivity contribution is 5.89. The third-order valence-electron chi connectivity index (χ3n) is 8.90. The van der Waals surface area contributed by atoms with Crippen LogP contribution in [-0.2, 0) is 16.1 Å². The van der Waals surface area contributed by atoms with Gasteiger partial charge in [0.2, 0.25) is 11.8 Å². The average molecular weight is 481 g/mol. The summed E-state index contributed by atoms with van der Waals surface area (Å²) in [5, 5.41) is 2.99. The van der Waals surface area contributed by atoms with Crippen LogP contribution in [0.1, 0.15) is 70.8 Å². The van der Waals surface area contributed by atoms with Crippen LogP contribution in [0.3, 0.4) is 0 Å². The van der Waals surface area contributed by atoms with Gasteiger partial charge in [0, 0.05) is 25.4 Å². The quantitative estimate of drug-likeness (QED) is 0.513. The van der Waals surface area contributed by atoms with Crippen LogP contribution in [0.15, 0.2) is 29.8 Å². The fourth-order valence-corrected chi connectivity index (χ4v) is 6.29. The van der Waals surface area contributed by atoms with Crippen LogP contribution in [0.4, 0.5) is 0 Å². The lowest BCUT2D eigenvalue weighted by Crippen LogP contribution is -2.48. The van der Waals surface area contributed by atoms with Crippen molar-refractivity contribution in [2.45, 2.75) is 77.8 Å². The van der Waals surface area contributed by atoms with Gasteiger partial charge < -0.3 is 19.7 Å². The second-order valence-corrected chi connectivity index (χ2v) is 11.4. The van der Waals surface area contributed by atoms with Gasteiger partial charge in [0.05, 0.1) is 13.7 Å². The van der Waals surface area contributed by atoms with Gasteiger partial charge in [-0.25, -0.2) is 0 Å². The number of ether oxygens (including phenoxy) is 2. The Morgan fingerprint density at radius 3 is 2.71 bits per heavy atom. The van der Waals surface area contributed by atoms with Gasteiger partial charge in [0.1, 0.15) is 6.04 Å². The number of benzene rings is 1. The van der Waals surface area contributed by atoms with Crippen LogP contribution < -0.4 is 14.8 Å². The first kappa shape index (κ1) is 24.2. The molecule has 6 rings (SSSR count). The van der Waals surface area contributed by atoms with E-state index in [-0.39, 0.29) is 17.7 Å². The third-order valence-corrected chi connectivity index (χ3v) is 8.90. The fraction of sp³-hybridized carbons (Fsp3) is 0.655. The minimum Gasteiger partial charge on any atom is -0.493 e. The smallest absolute Gasteiger partial charge is 0.242 e. The van der Waals surface area contributed by atoms with E-state index in [9.17, 15) is 9.59 Å². The molecule has 3 atom stereocenters. The van der Waals surface area contributed by atoms with Gasteiger partial charge in [0.15, 0.2) is 11.5 Å². The Balaban J connectivity index is 1.25. The van der Waals surface area contributed by atoms with Crippen molar-refractivity contribution in [2.75, 3.05) is 20.3 Å². The van der Waals surface area contributed by atoms with E-state index in [4.69, 9.17) is 9.47 Å². The highest BCUT2D eigenvalue weighted by Gasteiger charge is 2.50. The highest BCUT2D eigenvalue weighted by Crippen LogP contribution is 2.59. The van der Waals surface area contributed by atoms with Crippen LogP contribution >= 0.6 is 0 Å². The Kier molecular flexibility index (Phi) is 6.82. The predicted molar refractivity (Wildman–Crippen MR) is 135 cm³/mol. The summed E-state index contributed by atoms with van der Waals surface area (Å²) < 4.78 is 11.8. The molecule has 35 heavy (non-hydrogen) atoms. The maximum absolute atomic E-state index is 13.1. The van der Waals surface area contributed by atoms with E-state index in [0.717, 1.165) is 55.8 Å². The molecule has 1 aromatic rings. The number of amides is 2. The number of methoxy groups -OCH3 is 1. The van der Waals surface area contributed by atoms with E-state index in [1.54, 1.807) is 17.6 Å². The molecule has 5 aliphatic rings. The second kappa shape index (κ2) is 9.87. The lowest BCUT2D eigenvalue weighted by atomic mass is 9.48. The molecule has 1 saturated heterocycles. The van der Waals surface area contributed by atoms with Crippen LogP contribution in [0, 0.1) is 23.2 Å². The predicted octanol–water partition coefficient (Wildman–Crippen LogP) is 4.86. The SMILES string of the molecule is COc1cc(CN(C(=O)C2CC2)[C@H]2CCCCNC2=O)ccc1OCCC1=CC[C@H]2C[C@@H]1C2(C)C. The Hall–Kier alpha value is -2.50. The molecule has 0 unspecified atom stereocenters. The molecular weight excluding hydrogens is 440 g/mol. The molecule has 0 aromatic heterocycles. The number of hydrogen-bond acceptors (Lipinski definition) is 4. The Morgan fingerprint density at radius 2 is 2.00 bits per heavy atom. The van der Waals surface area contributed by atoms with Gasteiger partial charge >= 0.3 is 0 Å². The molecule has 2 amide bonds. The summed E-state index contributed by atoms with van der Waals surface area (Å²) in [4.78, 5) is 27.7. The summed E-state index contributed by atoms with van der Waals surface area (Å²) in [7, 11) is 1.65. The Labute approximate surface area is 209 Å². The zero-order valence-corrected chi connectivity index (χ0v) is 21.5. The maximum atomic E-state index is 13.1. The lowest BCUT2D eigenvalue weighted by molar-refractivity contribution is -0.142. The molecule has 0 spiro atoms. The van der Waals surface area contributed by atoms with Gasteiger partial charge in [-0.1, -0.05) is 31.6 Å². The van der Waals surface area contributed by atoms with Crippen molar-refractivity contribution in [3.8, 4) is 11.5 Å². The first-order valence-electron chi connectivity index (χ1n) is 13.4. The van der Waals surface area contributed by atoms with E-state index in [1.807, 2.05) is 18.2 Å².